The number of nitrogens with zero attached hydrogens (tertiary/aromatic N) is 1. The van der Waals surface area contributed by atoms with E-state index in [1.54, 1.807) is 26.0 Å². The lowest BCUT2D eigenvalue weighted by Gasteiger charge is -2.08. The zero-order valence-corrected chi connectivity index (χ0v) is 14.9. The molecule has 1 N–H and O–H groups in total. The van der Waals surface area contributed by atoms with Gasteiger partial charge in [-0.2, -0.15) is 0 Å². The van der Waals surface area contributed by atoms with Gasteiger partial charge in [-0.25, -0.2) is 4.79 Å². The molecule has 0 bridgehead atoms. The number of non-ortho nitro benzene ring substituents is 1. The van der Waals surface area contributed by atoms with Gasteiger partial charge in [-0.15, -0.1) is 11.3 Å². The van der Waals surface area contributed by atoms with Gasteiger partial charge in [0.15, 0.2) is 0 Å². The van der Waals surface area contributed by atoms with Crippen LogP contribution in [0.25, 0.3) is 11.1 Å². The molecular formula is C17H18N2O5S. The Morgan fingerprint density at radius 1 is 1.24 bits per heavy atom. The summed E-state index contributed by atoms with van der Waals surface area (Å²) in [4.78, 5) is 35.3. The van der Waals surface area contributed by atoms with Crippen molar-refractivity contribution in [3.63, 3.8) is 0 Å². The molecule has 0 aliphatic rings. The van der Waals surface area contributed by atoms with Crippen LogP contribution in [0.2, 0.25) is 0 Å². The summed E-state index contributed by atoms with van der Waals surface area (Å²) in [6.07, 6.45) is 0.284. The van der Waals surface area contributed by atoms with Crippen LogP contribution in [0, 0.1) is 17.0 Å². The molecular weight excluding hydrogens is 344 g/mol. The quantitative estimate of drug-likeness (QED) is 0.473. The van der Waals surface area contributed by atoms with Crippen molar-refractivity contribution in [2.75, 3.05) is 11.9 Å². The Morgan fingerprint density at radius 3 is 2.40 bits per heavy atom. The summed E-state index contributed by atoms with van der Waals surface area (Å²) in [6, 6.07) is 5.93. The number of carbonyl (C=O) groups excluding carboxylic acids is 2. The monoisotopic (exact) mass is 362 g/mol. The highest BCUT2D eigenvalue weighted by Gasteiger charge is 2.25. The van der Waals surface area contributed by atoms with E-state index >= 15 is 0 Å². The Labute approximate surface area is 148 Å². The Morgan fingerprint density at radius 2 is 1.88 bits per heavy atom. The topological polar surface area (TPSA) is 98.5 Å². The van der Waals surface area contributed by atoms with Crippen molar-refractivity contribution >= 4 is 33.9 Å². The van der Waals surface area contributed by atoms with E-state index in [0.29, 0.717) is 16.1 Å². The minimum absolute atomic E-state index is 0.0335. The predicted octanol–water partition coefficient (Wildman–Crippen LogP) is 4.16. The second-order valence-corrected chi connectivity index (χ2v) is 6.39. The molecule has 1 aromatic heterocycles. The Balaban J connectivity index is 2.57. The molecule has 0 saturated carbocycles. The van der Waals surface area contributed by atoms with Crippen molar-refractivity contribution in [1.82, 2.24) is 0 Å². The third kappa shape index (κ3) is 4.03. The van der Waals surface area contributed by atoms with Crippen LogP contribution in [0.5, 0.6) is 0 Å². The Hall–Kier alpha value is -2.74. The van der Waals surface area contributed by atoms with Gasteiger partial charge in [-0.3, -0.25) is 14.9 Å². The first kappa shape index (κ1) is 18.6. The van der Waals surface area contributed by atoms with Crippen molar-refractivity contribution in [2.45, 2.75) is 27.2 Å². The van der Waals surface area contributed by atoms with Crippen LogP contribution in [0.4, 0.5) is 10.7 Å². The number of rotatable bonds is 6. The number of benzene rings is 1. The van der Waals surface area contributed by atoms with E-state index in [9.17, 15) is 19.7 Å². The van der Waals surface area contributed by atoms with E-state index < -0.39 is 10.9 Å². The van der Waals surface area contributed by atoms with Gasteiger partial charge in [0.05, 0.1) is 11.5 Å². The smallest absolute Gasteiger partial charge is 0.341 e. The number of hydrogen-bond acceptors (Lipinski definition) is 6. The Kier molecular flexibility index (Phi) is 5.87. The number of ether oxygens (including phenoxy) is 1. The van der Waals surface area contributed by atoms with Gasteiger partial charge < -0.3 is 10.1 Å². The molecule has 8 heteroatoms. The van der Waals surface area contributed by atoms with Gasteiger partial charge in [-0.1, -0.05) is 6.92 Å². The third-order valence-electron chi connectivity index (χ3n) is 3.50. The van der Waals surface area contributed by atoms with E-state index in [4.69, 9.17) is 4.74 Å². The molecule has 0 radical (unpaired) electrons. The number of aryl methyl sites for hydroxylation is 1. The summed E-state index contributed by atoms with van der Waals surface area (Å²) in [6.45, 7) is 5.45. The average Bonchev–Trinajstić information content (AvgIpc) is 2.90. The molecule has 7 nitrogen and oxygen atoms in total. The molecule has 0 atom stereocenters. The minimum Gasteiger partial charge on any atom is -0.462 e. The highest BCUT2D eigenvalue weighted by Crippen LogP contribution is 2.40. The second-order valence-electron chi connectivity index (χ2n) is 5.16. The minimum atomic E-state index is -0.536. The first-order chi connectivity index (χ1) is 11.9. The standard InChI is InChI=1S/C17H18N2O5S/c1-4-13(20)18-16-15(17(21)24-5-2)14(10(3)25-16)11-6-8-12(9-7-11)19(22)23/h6-9H,4-5H2,1-3H3,(H,18,20). The fourth-order valence-electron chi connectivity index (χ4n) is 2.34. The van der Waals surface area contributed by atoms with Crippen molar-refractivity contribution in [3.8, 4) is 11.1 Å². The second kappa shape index (κ2) is 7.89. The molecule has 0 fully saturated rings. The predicted molar refractivity (Wildman–Crippen MR) is 96.0 cm³/mol. The maximum atomic E-state index is 12.4. The van der Waals surface area contributed by atoms with E-state index in [0.717, 1.165) is 4.88 Å². The zero-order valence-electron chi connectivity index (χ0n) is 14.1. The fourth-order valence-corrected chi connectivity index (χ4v) is 3.42. The lowest BCUT2D eigenvalue weighted by atomic mass is 10.0. The van der Waals surface area contributed by atoms with Crippen LogP contribution in [0.3, 0.4) is 0 Å². The SMILES string of the molecule is CCOC(=O)c1c(NC(=O)CC)sc(C)c1-c1ccc([N+](=O)[O-])cc1. The molecule has 0 spiro atoms. The summed E-state index contributed by atoms with van der Waals surface area (Å²) < 4.78 is 5.13. The number of anilines is 1. The third-order valence-corrected chi connectivity index (χ3v) is 4.53. The number of hydrogen-bond donors (Lipinski definition) is 1. The Bertz CT molecular complexity index is 811. The largest absolute Gasteiger partial charge is 0.462 e. The van der Waals surface area contributed by atoms with Gasteiger partial charge in [0.1, 0.15) is 10.6 Å². The number of nitrogens with one attached hydrogen (secondary N) is 1. The van der Waals surface area contributed by atoms with Crippen LogP contribution in [0.15, 0.2) is 24.3 Å². The highest BCUT2D eigenvalue weighted by atomic mass is 32.1. The van der Waals surface area contributed by atoms with E-state index in [1.165, 1.54) is 23.5 Å². The normalized spacial score (nSPS) is 10.4. The molecule has 0 aliphatic carbocycles. The summed E-state index contributed by atoms with van der Waals surface area (Å²) in [5, 5.41) is 14.0. The average molecular weight is 362 g/mol. The molecule has 1 aromatic carbocycles. The summed E-state index contributed by atoms with van der Waals surface area (Å²) in [5.74, 6) is -0.742. The number of esters is 1. The first-order valence-corrected chi connectivity index (χ1v) is 8.55. The molecule has 0 aliphatic heterocycles. The lowest BCUT2D eigenvalue weighted by molar-refractivity contribution is -0.384. The summed E-state index contributed by atoms with van der Waals surface area (Å²) in [7, 11) is 0. The first-order valence-electron chi connectivity index (χ1n) is 7.74. The van der Waals surface area contributed by atoms with Crippen molar-refractivity contribution in [3.05, 3.63) is 44.8 Å². The van der Waals surface area contributed by atoms with Crippen LogP contribution >= 0.6 is 11.3 Å². The maximum Gasteiger partial charge on any atom is 0.341 e. The van der Waals surface area contributed by atoms with Crippen LogP contribution in [0.1, 0.15) is 35.5 Å². The molecule has 132 valence electrons. The molecule has 2 aromatic rings. The number of thiophene rings is 1. The van der Waals surface area contributed by atoms with Crippen LogP contribution < -0.4 is 5.32 Å². The maximum absolute atomic E-state index is 12.4. The van der Waals surface area contributed by atoms with Crippen LogP contribution in [-0.2, 0) is 9.53 Å². The number of amides is 1. The van der Waals surface area contributed by atoms with Crippen LogP contribution in [-0.4, -0.2) is 23.4 Å². The molecule has 25 heavy (non-hydrogen) atoms. The van der Waals surface area contributed by atoms with Gasteiger partial charge in [0.25, 0.3) is 5.69 Å². The number of nitro benzene ring substituents is 1. The zero-order chi connectivity index (χ0) is 18.6. The number of carbonyl (C=O) groups is 2. The van der Waals surface area contributed by atoms with E-state index in [1.807, 2.05) is 6.92 Å². The molecule has 1 heterocycles. The molecule has 0 saturated heterocycles. The molecule has 2 rings (SSSR count). The van der Waals surface area contributed by atoms with Gasteiger partial charge >= 0.3 is 5.97 Å². The van der Waals surface area contributed by atoms with Gasteiger partial charge in [0.2, 0.25) is 5.91 Å². The highest BCUT2D eigenvalue weighted by molar-refractivity contribution is 7.17. The lowest BCUT2D eigenvalue weighted by Crippen LogP contribution is -2.13. The van der Waals surface area contributed by atoms with Gasteiger partial charge in [0, 0.05) is 29.0 Å². The summed E-state index contributed by atoms with van der Waals surface area (Å²) >= 11 is 1.28. The van der Waals surface area contributed by atoms with Crippen molar-refractivity contribution < 1.29 is 19.2 Å². The molecule has 1 amide bonds. The molecule has 0 unspecified atom stereocenters. The van der Waals surface area contributed by atoms with E-state index in [2.05, 4.69) is 5.32 Å². The van der Waals surface area contributed by atoms with Crippen molar-refractivity contribution in [1.29, 1.82) is 0 Å². The van der Waals surface area contributed by atoms with Gasteiger partial charge in [-0.05, 0) is 31.5 Å². The van der Waals surface area contributed by atoms with Crippen molar-refractivity contribution in [2.24, 2.45) is 0 Å². The number of nitro groups is 1. The fraction of sp³-hybridized carbons (Fsp3) is 0.294. The summed E-state index contributed by atoms with van der Waals surface area (Å²) in [5.41, 5.74) is 1.51. The van der Waals surface area contributed by atoms with E-state index in [-0.39, 0.29) is 30.2 Å².